The Balaban J connectivity index is 1.99. The zero-order valence-corrected chi connectivity index (χ0v) is 9.60. The van der Waals surface area contributed by atoms with Crippen LogP contribution in [0.3, 0.4) is 0 Å². The Morgan fingerprint density at radius 3 is 2.56 bits per heavy atom. The molecule has 1 aromatic rings. The zero-order chi connectivity index (χ0) is 11.2. The average molecular weight is 218 g/mol. The summed E-state index contributed by atoms with van der Waals surface area (Å²) in [6.45, 7) is 2.59. The van der Waals surface area contributed by atoms with Crippen LogP contribution in [0.5, 0.6) is 0 Å². The van der Waals surface area contributed by atoms with Crippen LogP contribution in [-0.4, -0.2) is 43.3 Å². The molecule has 0 aliphatic carbocycles. The van der Waals surface area contributed by atoms with E-state index in [0.29, 0.717) is 5.92 Å². The highest BCUT2D eigenvalue weighted by molar-refractivity contribution is 5.30. The van der Waals surface area contributed by atoms with Crippen LogP contribution in [0.4, 0.5) is 0 Å². The minimum absolute atomic E-state index is 0.154. The molecule has 0 bridgehead atoms. The number of benzene rings is 1. The number of ether oxygens (including phenoxy) is 1. The first-order valence-electron chi connectivity index (χ1n) is 5.83. The molecule has 1 spiro atoms. The van der Waals surface area contributed by atoms with Crippen molar-refractivity contribution in [3.8, 4) is 0 Å². The van der Waals surface area contributed by atoms with Crippen LogP contribution >= 0.6 is 0 Å². The summed E-state index contributed by atoms with van der Waals surface area (Å²) in [6, 6.07) is 10.8. The van der Waals surface area contributed by atoms with Gasteiger partial charge in [0.1, 0.15) is 0 Å². The van der Waals surface area contributed by atoms with E-state index in [4.69, 9.17) is 10.5 Å². The van der Waals surface area contributed by atoms with Crippen LogP contribution in [-0.2, 0) is 4.74 Å². The SMILES string of the molecule is CN1CC(N)C(c2ccccc2)C12COC2. The highest BCUT2D eigenvalue weighted by atomic mass is 16.5. The van der Waals surface area contributed by atoms with Crippen LogP contribution in [0.1, 0.15) is 11.5 Å². The third kappa shape index (κ3) is 1.25. The lowest BCUT2D eigenvalue weighted by Gasteiger charge is -2.47. The first kappa shape index (κ1) is 10.3. The molecule has 3 nitrogen and oxygen atoms in total. The highest BCUT2D eigenvalue weighted by Crippen LogP contribution is 2.45. The molecular weight excluding hydrogens is 200 g/mol. The van der Waals surface area contributed by atoms with Crippen molar-refractivity contribution in [1.29, 1.82) is 0 Å². The van der Waals surface area contributed by atoms with Gasteiger partial charge in [0.2, 0.25) is 0 Å². The summed E-state index contributed by atoms with van der Waals surface area (Å²) in [6.07, 6.45) is 0. The lowest BCUT2D eigenvalue weighted by molar-refractivity contribution is -0.123. The Bertz CT molecular complexity index is 375. The maximum atomic E-state index is 6.29. The van der Waals surface area contributed by atoms with E-state index in [1.54, 1.807) is 0 Å². The lowest BCUT2D eigenvalue weighted by atomic mass is 9.77. The van der Waals surface area contributed by atoms with E-state index in [9.17, 15) is 0 Å². The maximum Gasteiger partial charge on any atom is 0.0761 e. The highest BCUT2D eigenvalue weighted by Gasteiger charge is 2.56. The average Bonchev–Trinajstić information content (AvgIpc) is 2.50. The van der Waals surface area contributed by atoms with Crippen molar-refractivity contribution in [3.63, 3.8) is 0 Å². The Kier molecular flexibility index (Phi) is 2.28. The molecule has 2 fully saturated rings. The van der Waals surface area contributed by atoms with Gasteiger partial charge in [-0.3, -0.25) is 4.90 Å². The van der Waals surface area contributed by atoms with Crippen LogP contribution in [0.2, 0.25) is 0 Å². The fourth-order valence-corrected chi connectivity index (χ4v) is 3.17. The van der Waals surface area contributed by atoms with Crippen molar-refractivity contribution in [1.82, 2.24) is 4.90 Å². The molecule has 2 aliphatic heterocycles. The van der Waals surface area contributed by atoms with Gasteiger partial charge in [-0.15, -0.1) is 0 Å². The van der Waals surface area contributed by atoms with Gasteiger partial charge < -0.3 is 10.5 Å². The predicted molar refractivity (Wildman–Crippen MR) is 63.3 cm³/mol. The maximum absolute atomic E-state index is 6.29. The summed E-state index contributed by atoms with van der Waals surface area (Å²) in [5.41, 5.74) is 7.79. The molecule has 16 heavy (non-hydrogen) atoms. The zero-order valence-electron chi connectivity index (χ0n) is 9.60. The van der Waals surface area contributed by atoms with Gasteiger partial charge in [0.05, 0.1) is 18.8 Å². The molecule has 0 saturated carbocycles. The summed E-state index contributed by atoms with van der Waals surface area (Å²) in [4.78, 5) is 2.37. The van der Waals surface area contributed by atoms with Gasteiger partial charge in [-0.05, 0) is 12.6 Å². The number of likely N-dealkylation sites (N-methyl/N-ethyl adjacent to an activating group) is 1. The van der Waals surface area contributed by atoms with Gasteiger partial charge in [-0.25, -0.2) is 0 Å². The smallest absolute Gasteiger partial charge is 0.0761 e. The molecular formula is C13H18N2O. The topological polar surface area (TPSA) is 38.5 Å². The minimum Gasteiger partial charge on any atom is -0.377 e. The molecule has 86 valence electrons. The Morgan fingerprint density at radius 1 is 1.31 bits per heavy atom. The predicted octanol–water partition coefficient (Wildman–Crippen LogP) is 0.812. The number of rotatable bonds is 1. The molecule has 2 saturated heterocycles. The molecule has 3 heteroatoms. The second-order valence-electron chi connectivity index (χ2n) is 5.03. The van der Waals surface area contributed by atoms with Gasteiger partial charge in [-0.2, -0.15) is 0 Å². The van der Waals surface area contributed by atoms with Crippen molar-refractivity contribution < 1.29 is 4.74 Å². The van der Waals surface area contributed by atoms with Gasteiger partial charge in [-0.1, -0.05) is 30.3 Å². The van der Waals surface area contributed by atoms with Gasteiger partial charge >= 0.3 is 0 Å². The fraction of sp³-hybridized carbons (Fsp3) is 0.538. The van der Waals surface area contributed by atoms with Crippen molar-refractivity contribution in [2.24, 2.45) is 5.73 Å². The quantitative estimate of drug-likeness (QED) is 0.758. The molecule has 2 heterocycles. The monoisotopic (exact) mass is 218 g/mol. The van der Waals surface area contributed by atoms with Crippen LogP contribution in [0.25, 0.3) is 0 Å². The van der Waals surface area contributed by atoms with Crippen LogP contribution < -0.4 is 5.73 Å². The third-order valence-electron chi connectivity index (χ3n) is 4.11. The first-order valence-corrected chi connectivity index (χ1v) is 5.83. The van der Waals surface area contributed by atoms with Crippen LogP contribution in [0.15, 0.2) is 30.3 Å². The largest absolute Gasteiger partial charge is 0.377 e. The summed E-state index contributed by atoms with van der Waals surface area (Å²) < 4.78 is 5.43. The van der Waals surface area contributed by atoms with Crippen LogP contribution in [0, 0.1) is 0 Å². The molecule has 2 N–H and O–H groups in total. The third-order valence-corrected chi connectivity index (χ3v) is 4.11. The van der Waals surface area contributed by atoms with E-state index >= 15 is 0 Å². The lowest BCUT2D eigenvalue weighted by Crippen LogP contribution is -2.60. The Hall–Kier alpha value is -0.900. The number of hydrogen-bond acceptors (Lipinski definition) is 3. The molecule has 2 aliphatic rings. The van der Waals surface area contributed by atoms with E-state index in [0.717, 1.165) is 19.8 Å². The van der Waals surface area contributed by atoms with Gasteiger partial charge in [0.15, 0.2) is 0 Å². The summed E-state index contributed by atoms with van der Waals surface area (Å²) in [5, 5.41) is 0. The van der Waals surface area contributed by atoms with E-state index in [1.165, 1.54) is 5.56 Å². The van der Waals surface area contributed by atoms with Crippen molar-refractivity contribution in [2.45, 2.75) is 17.5 Å². The molecule has 3 rings (SSSR count). The van der Waals surface area contributed by atoms with E-state index in [-0.39, 0.29) is 11.6 Å². The molecule has 0 amide bonds. The summed E-state index contributed by atoms with van der Waals surface area (Å²) in [5.74, 6) is 0.410. The minimum atomic E-state index is 0.154. The van der Waals surface area contributed by atoms with Crippen molar-refractivity contribution >= 4 is 0 Å². The normalized spacial score (nSPS) is 32.9. The standard InChI is InChI=1S/C13H18N2O/c1-15-7-11(14)12(13(15)8-16-9-13)10-5-3-2-4-6-10/h2-6,11-12H,7-9,14H2,1H3. The second kappa shape index (κ2) is 3.55. The number of nitrogens with two attached hydrogens (primary N) is 1. The summed E-state index contributed by atoms with van der Waals surface area (Å²) in [7, 11) is 2.16. The number of hydrogen-bond donors (Lipinski definition) is 1. The van der Waals surface area contributed by atoms with E-state index in [2.05, 4.69) is 42.3 Å². The molecule has 0 aromatic heterocycles. The van der Waals surface area contributed by atoms with E-state index in [1.807, 2.05) is 0 Å². The van der Waals surface area contributed by atoms with Crippen molar-refractivity contribution in [3.05, 3.63) is 35.9 Å². The Morgan fingerprint density at radius 2 is 2.00 bits per heavy atom. The van der Waals surface area contributed by atoms with Gasteiger partial charge in [0, 0.05) is 18.5 Å². The first-order chi connectivity index (χ1) is 7.74. The van der Waals surface area contributed by atoms with Crippen molar-refractivity contribution in [2.75, 3.05) is 26.8 Å². The van der Waals surface area contributed by atoms with Gasteiger partial charge in [0.25, 0.3) is 0 Å². The number of nitrogens with zero attached hydrogens (tertiary/aromatic N) is 1. The molecule has 0 radical (unpaired) electrons. The molecule has 2 atom stereocenters. The fourth-order valence-electron chi connectivity index (χ4n) is 3.17. The molecule has 2 unspecified atom stereocenters. The second-order valence-corrected chi connectivity index (χ2v) is 5.03. The van der Waals surface area contributed by atoms with E-state index < -0.39 is 0 Å². The Labute approximate surface area is 96.2 Å². The summed E-state index contributed by atoms with van der Waals surface area (Å²) >= 11 is 0. The number of likely N-dealkylation sites (tertiary alicyclic amines) is 1. The molecule has 1 aromatic carbocycles.